The maximum atomic E-state index is 5.95. The number of rotatable bonds is 3. The summed E-state index contributed by atoms with van der Waals surface area (Å²) in [6, 6.07) is 5.65. The van der Waals surface area contributed by atoms with Crippen molar-refractivity contribution in [3.8, 4) is 0 Å². The third-order valence-corrected chi connectivity index (χ3v) is 3.22. The van der Waals surface area contributed by atoms with Crippen LogP contribution >= 0.6 is 11.6 Å². The lowest BCUT2D eigenvalue weighted by Gasteiger charge is -2.23. The van der Waals surface area contributed by atoms with Crippen LogP contribution in [0.2, 0.25) is 5.02 Å². The molecule has 3 N–H and O–H groups in total. The van der Waals surface area contributed by atoms with Crippen molar-refractivity contribution < 1.29 is 4.74 Å². The molecule has 3 nitrogen and oxygen atoms in total. The molecule has 0 saturated carbocycles. The first-order valence-corrected chi connectivity index (χ1v) is 6.01. The molecule has 1 unspecified atom stereocenters. The highest BCUT2D eigenvalue weighted by molar-refractivity contribution is 6.33. The van der Waals surface area contributed by atoms with Gasteiger partial charge < -0.3 is 15.8 Å². The third-order valence-electron chi connectivity index (χ3n) is 2.89. The monoisotopic (exact) mass is 240 g/mol. The zero-order chi connectivity index (χ0) is 11.4. The van der Waals surface area contributed by atoms with Gasteiger partial charge in [0, 0.05) is 13.2 Å². The number of benzene rings is 1. The van der Waals surface area contributed by atoms with Gasteiger partial charge in [-0.2, -0.15) is 0 Å². The molecule has 88 valence electrons. The minimum Gasteiger partial charge on any atom is -0.396 e. The van der Waals surface area contributed by atoms with E-state index >= 15 is 0 Å². The Labute approximate surface area is 101 Å². The van der Waals surface area contributed by atoms with Gasteiger partial charge >= 0.3 is 0 Å². The molecule has 1 aromatic carbocycles. The number of nitrogens with two attached hydrogens (primary N) is 1. The molecule has 2 rings (SSSR count). The van der Waals surface area contributed by atoms with E-state index in [0.717, 1.165) is 31.9 Å². The maximum absolute atomic E-state index is 5.95. The molecular formula is C12H17ClN2O. The first-order valence-electron chi connectivity index (χ1n) is 5.63. The number of halogens is 1. The highest BCUT2D eigenvalue weighted by Crippen LogP contribution is 2.27. The van der Waals surface area contributed by atoms with E-state index in [9.17, 15) is 0 Å². The highest BCUT2D eigenvalue weighted by Gasteiger charge is 2.14. The van der Waals surface area contributed by atoms with Gasteiger partial charge in [0.25, 0.3) is 0 Å². The normalized spacial score (nSPS) is 20.7. The van der Waals surface area contributed by atoms with Gasteiger partial charge in [-0.05, 0) is 30.9 Å². The summed E-state index contributed by atoms with van der Waals surface area (Å²) in [5.74, 6) is 0.576. The predicted molar refractivity (Wildman–Crippen MR) is 67.9 cm³/mol. The highest BCUT2D eigenvalue weighted by atomic mass is 35.5. The second kappa shape index (κ2) is 5.41. The van der Waals surface area contributed by atoms with E-state index in [2.05, 4.69) is 5.32 Å². The fraction of sp³-hybridized carbons (Fsp3) is 0.500. The largest absolute Gasteiger partial charge is 0.396 e. The molecule has 4 heteroatoms. The average Bonchev–Trinajstić information content (AvgIpc) is 2.32. The number of nitrogens with one attached hydrogen (secondary N) is 1. The van der Waals surface area contributed by atoms with Gasteiger partial charge in [0.05, 0.1) is 23.0 Å². The Hall–Kier alpha value is -0.930. The van der Waals surface area contributed by atoms with Gasteiger partial charge in [-0.25, -0.2) is 0 Å². The molecule has 1 saturated heterocycles. The Kier molecular flexibility index (Phi) is 3.91. The molecule has 1 aliphatic rings. The van der Waals surface area contributed by atoms with Crippen molar-refractivity contribution in [1.82, 2.24) is 0 Å². The van der Waals surface area contributed by atoms with Crippen molar-refractivity contribution >= 4 is 23.0 Å². The fourth-order valence-electron chi connectivity index (χ4n) is 1.91. The Balaban J connectivity index is 1.91. The van der Waals surface area contributed by atoms with E-state index in [-0.39, 0.29) is 0 Å². The maximum Gasteiger partial charge on any atom is 0.0739 e. The van der Waals surface area contributed by atoms with Crippen LogP contribution in [-0.2, 0) is 4.74 Å². The molecule has 1 aromatic rings. The summed E-state index contributed by atoms with van der Waals surface area (Å²) in [5, 5.41) is 3.94. The average molecular weight is 241 g/mol. The summed E-state index contributed by atoms with van der Waals surface area (Å²) in [6.07, 6.45) is 2.37. The Bertz CT molecular complexity index is 351. The van der Waals surface area contributed by atoms with Crippen molar-refractivity contribution in [2.24, 2.45) is 5.92 Å². The van der Waals surface area contributed by atoms with Gasteiger partial charge in [-0.15, -0.1) is 0 Å². The topological polar surface area (TPSA) is 47.3 Å². The van der Waals surface area contributed by atoms with Crippen LogP contribution < -0.4 is 11.1 Å². The van der Waals surface area contributed by atoms with Crippen LogP contribution in [0.1, 0.15) is 12.8 Å². The first kappa shape index (κ1) is 11.6. The zero-order valence-electron chi connectivity index (χ0n) is 9.21. The van der Waals surface area contributed by atoms with Crippen LogP contribution in [0.3, 0.4) is 0 Å². The smallest absolute Gasteiger partial charge is 0.0739 e. The van der Waals surface area contributed by atoms with E-state index in [1.54, 1.807) is 6.07 Å². The van der Waals surface area contributed by atoms with Crippen molar-refractivity contribution in [3.63, 3.8) is 0 Å². The van der Waals surface area contributed by atoms with Crippen LogP contribution in [-0.4, -0.2) is 19.8 Å². The van der Waals surface area contributed by atoms with Crippen molar-refractivity contribution in [3.05, 3.63) is 23.2 Å². The summed E-state index contributed by atoms with van der Waals surface area (Å²) in [4.78, 5) is 0. The van der Waals surface area contributed by atoms with E-state index < -0.39 is 0 Å². The SMILES string of the molecule is Nc1c(Cl)cccc1NCC1CCCOC1. The molecular weight excluding hydrogens is 224 g/mol. The van der Waals surface area contributed by atoms with Crippen LogP contribution in [0, 0.1) is 5.92 Å². The van der Waals surface area contributed by atoms with Crippen LogP contribution in [0.5, 0.6) is 0 Å². The molecule has 1 fully saturated rings. The number of ether oxygens (including phenoxy) is 1. The quantitative estimate of drug-likeness (QED) is 0.799. The molecule has 0 bridgehead atoms. The second-order valence-electron chi connectivity index (χ2n) is 4.17. The standard InChI is InChI=1S/C12H17ClN2O/c13-10-4-1-5-11(12(10)14)15-7-9-3-2-6-16-8-9/h1,4-5,9,15H,2-3,6-8,14H2. The lowest BCUT2D eigenvalue weighted by atomic mass is 10.0. The Morgan fingerprint density at radius 2 is 2.38 bits per heavy atom. The molecule has 1 atom stereocenters. The van der Waals surface area contributed by atoms with Crippen LogP contribution in [0.15, 0.2) is 18.2 Å². The van der Waals surface area contributed by atoms with Gasteiger partial charge in [-0.1, -0.05) is 17.7 Å². The molecule has 0 radical (unpaired) electrons. The van der Waals surface area contributed by atoms with Gasteiger partial charge in [0.2, 0.25) is 0 Å². The van der Waals surface area contributed by atoms with Crippen LogP contribution in [0.25, 0.3) is 0 Å². The summed E-state index contributed by atoms with van der Waals surface area (Å²) < 4.78 is 5.43. The molecule has 1 heterocycles. The van der Waals surface area contributed by atoms with Crippen molar-refractivity contribution in [2.45, 2.75) is 12.8 Å². The molecule has 0 spiro atoms. The number of anilines is 2. The Morgan fingerprint density at radius 3 is 3.12 bits per heavy atom. The molecule has 0 aromatic heterocycles. The van der Waals surface area contributed by atoms with E-state index in [0.29, 0.717) is 16.6 Å². The van der Waals surface area contributed by atoms with Gasteiger partial charge in [0.1, 0.15) is 0 Å². The lowest BCUT2D eigenvalue weighted by Crippen LogP contribution is -2.24. The predicted octanol–water partition coefficient (Wildman–Crippen LogP) is 2.76. The Morgan fingerprint density at radius 1 is 1.50 bits per heavy atom. The van der Waals surface area contributed by atoms with Crippen molar-refractivity contribution in [2.75, 3.05) is 30.8 Å². The first-order chi connectivity index (χ1) is 7.77. The summed E-state index contributed by atoms with van der Waals surface area (Å²) >= 11 is 5.95. The minimum atomic E-state index is 0.576. The van der Waals surface area contributed by atoms with Crippen molar-refractivity contribution in [1.29, 1.82) is 0 Å². The fourth-order valence-corrected chi connectivity index (χ4v) is 2.09. The molecule has 1 aliphatic heterocycles. The summed E-state index contributed by atoms with van der Waals surface area (Å²) in [5.41, 5.74) is 7.41. The molecule has 0 aliphatic carbocycles. The molecule has 16 heavy (non-hydrogen) atoms. The summed E-state index contributed by atoms with van der Waals surface area (Å²) in [7, 11) is 0. The van der Waals surface area contributed by atoms with Gasteiger partial charge in [0.15, 0.2) is 0 Å². The number of hydrogen-bond donors (Lipinski definition) is 2. The molecule has 0 amide bonds. The minimum absolute atomic E-state index is 0.576. The zero-order valence-corrected chi connectivity index (χ0v) is 9.96. The third kappa shape index (κ3) is 2.80. The number of nitrogen functional groups attached to an aromatic ring is 1. The second-order valence-corrected chi connectivity index (χ2v) is 4.57. The number of para-hydroxylation sites is 1. The number of hydrogen-bond acceptors (Lipinski definition) is 3. The lowest BCUT2D eigenvalue weighted by molar-refractivity contribution is 0.0595. The van der Waals surface area contributed by atoms with E-state index in [4.69, 9.17) is 22.1 Å². The van der Waals surface area contributed by atoms with E-state index in [1.807, 2.05) is 12.1 Å². The van der Waals surface area contributed by atoms with Gasteiger partial charge in [-0.3, -0.25) is 0 Å². The van der Waals surface area contributed by atoms with E-state index in [1.165, 1.54) is 6.42 Å². The van der Waals surface area contributed by atoms with Crippen LogP contribution in [0.4, 0.5) is 11.4 Å². The summed E-state index contributed by atoms with van der Waals surface area (Å²) in [6.45, 7) is 2.63.